The van der Waals surface area contributed by atoms with Crippen LogP contribution in [0.5, 0.6) is 5.75 Å². The zero-order valence-corrected chi connectivity index (χ0v) is 17.8. The van der Waals surface area contributed by atoms with Gasteiger partial charge in [0, 0.05) is 4.90 Å². The van der Waals surface area contributed by atoms with Gasteiger partial charge in [0.25, 0.3) is 0 Å². The van der Waals surface area contributed by atoms with Gasteiger partial charge < -0.3 is 5.11 Å². The van der Waals surface area contributed by atoms with Crippen molar-refractivity contribution in [2.24, 2.45) is 0 Å². The molecule has 2 radical (unpaired) electrons. The monoisotopic (exact) mass is 364 g/mol. The summed E-state index contributed by atoms with van der Waals surface area (Å²) in [4.78, 5) is 1.02. The Balaban J connectivity index is 2.04. The molecule has 0 bridgehead atoms. The van der Waals surface area contributed by atoms with Crippen molar-refractivity contribution < 1.29 is 5.11 Å². The lowest BCUT2D eigenvalue weighted by Crippen LogP contribution is -2.15. The molecule has 0 aliphatic heterocycles. The third-order valence-electron chi connectivity index (χ3n) is 4.55. The molecule has 1 nitrogen and oxygen atoms in total. The van der Waals surface area contributed by atoms with Crippen LogP contribution in [0.1, 0.15) is 85.0 Å². The van der Waals surface area contributed by atoms with Crippen molar-refractivity contribution in [1.82, 2.24) is 0 Å². The molecule has 0 saturated heterocycles. The summed E-state index contributed by atoms with van der Waals surface area (Å²) >= 11 is 1.79. The van der Waals surface area contributed by atoms with Gasteiger partial charge in [-0.05, 0) is 22.5 Å². The van der Waals surface area contributed by atoms with E-state index in [1.807, 2.05) is 18.2 Å². The number of aromatic hydroxyl groups is 1. The van der Waals surface area contributed by atoms with Crippen molar-refractivity contribution in [1.29, 1.82) is 0 Å². The zero-order chi connectivity index (χ0) is 17.7. The van der Waals surface area contributed by atoms with Gasteiger partial charge in [-0.15, -0.1) is 11.8 Å². The number of rotatable bonds is 14. The van der Waals surface area contributed by atoms with E-state index in [9.17, 15) is 5.11 Å². The van der Waals surface area contributed by atoms with Gasteiger partial charge in [-0.25, -0.2) is 0 Å². The molecule has 0 saturated carbocycles. The molecule has 3 heteroatoms. The Hall–Kier alpha value is -0.413. The lowest BCUT2D eigenvalue weighted by atomic mass is 10.0. The molecular weight excluding hydrogens is 328 g/mol. The largest absolute Gasteiger partial charge is 0.507 e. The van der Waals surface area contributed by atoms with Crippen LogP contribution >= 0.6 is 11.8 Å². The topological polar surface area (TPSA) is 20.2 Å². The van der Waals surface area contributed by atoms with Gasteiger partial charge >= 0.3 is 0 Å². The molecule has 0 unspecified atom stereocenters. The highest BCUT2D eigenvalue weighted by molar-refractivity contribution is 8.00. The number of thioether (sulfide) groups is 1. The van der Waals surface area contributed by atoms with E-state index >= 15 is 0 Å². The average Bonchev–Trinajstić information content (AvgIpc) is 2.55. The van der Waals surface area contributed by atoms with Gasteiger partial charge in [-0.3, -0.25) is 0 Å². The lowest BCUT2D eigenvalue weighted by Gasteiger charge is -2.23. The van der Waals surface area contributed by atoms with E-state index in [0.29, 0.717) is 10.8 Å². The first-order chi connectivity index (χ1) is 11.5. The van der Waals surface area contributed by atoms with E-state index in [1.54, 1.807) is 17.8 Å². The predicted octanol–water partition coefficient (Wildman–Crippen LogP) is 7.27. The van der Waals surface area contributed by atoms with Crippen LogP contribution in [0.3, 0.4) is 0 Å². The Kier molecular flexibility index (Phi) is 11.6. The summed E-state index contributed by atoms with van der Waals surface area (Å²) in [6.45, 7) is 7.09. The van der Waals surface area contributed by atoms with Crippen LogP contribution in [0.25, 0.3) is 0 Å². The molecule has 0 heterocycles. The van der Waals surface area contributed by atoms with E-state index in [-0.39, 0.29) is 0 Å². The third kappa shape index (κ3) is 10.5. The fourth-order valence-electron chi connectivity index (χ4n) is 2.85. The molecule has 0 amide bonds. The highest BCUT2D eigenvalue weighted by atomic mass is 32.2. The number of phenols is 1. The number of hydrogen-bond acceptors (Lipinski definition) is 2. The Bertz CT molecular complexity index is 434. The summed E-state index contributed by atoms with van der Waals surface area (Å²) in [6, 6.07) is 7.67. The number of benzene rings is 1. The van der Waals surface area contributed by atoms with Crippen molar-refractivity contribution in [2.45, 2.75) is 94.9 Å². The first-order valence-corrected chi connectivity index (χ1v) is 11.9. The van der Waals surface area contributed by atoms with E-state index < -0.39 is 0 Å². The molecule has 24 heavy (non-hydrogen) atoms. The second kappa shape index (κ2) is 12.9. The Morgan fingerprint density at radius 2 is 1.50 bits per heavy atom. The summed E-state index contributed by atoms with van der Waals surface area (Å²) in [5, 5.41) is 11.4. The molecule has 0 spiro atoms. The van der Waals surface area contributed by atoms with E-state index in [2.05, 4.69) is 20.8 Å². The van der Waals surface area contributed by atoms with Crippen LogP contribution in [-0.4, -0.2) is 20.0 Å². The second-order valence-electron chi connectivity index (χ2n) is 7.40. The fourth-order valence-corrected chi connectivity index (χ4v) is 6.07. The van der Waals surface area contributed by atoms with Crippen molar-refractivity contribution in [3.8, 4) is 5.75 Å². The summed E-state index contributed by atoms with van der Waals surface area (Å²) < 4.78 is 0. The summed E-state index contributed by atoms with van der Waals surface area (Å²) in [5.74, 6) is 0.420. The normalized spacial score (nSPS) is 11.8. The molecule has 0 aliphatic carbocycles. The van der Waals surface area contributed by atoms with Gasteiger partial charge in [-0.2, -0.15) is 0 Å². The Morgan fingerprint density at radius 1 is 0.917 bits per heavy atom. The molecule has 136 valence electrons. The molecule has 1 aromatic rings. The van der Waals surface area contributed by atoms with E-state index in [4.69, 9.17) is 0 Å². The van der Waals surface area contributed by atoms with E-state index in [0.717, 1.165) is 19.8 Å². The smallest absolute Gasteiger partial charge is 0.129 e. The van der Waals surface area contributed by atoms with Crippen molar-refractivity contribution in [2.75, 3.05) is 5.38 Å². The maximum absolute atomic E-state index is 9.81. The Labute approximate surface area is 156 Å². The number of para-hydroxylation sites is 1. The van der Waals surface area contributed by atoms with Gasteiger partial charge in [-0.1, -0.05) is 97.1 Å². The molecule has 0 fully saturated rings. The molecular formula is C21H36OSSi. The first-order valence-electron chi connectivity index (χ1n) is 9.71. The molecule has 0 atom stereocenters. The SMILES string of the molecule is CCCCCCCCCCCC(C)(C)[Si]CSc1ccccc1O. The average molecular weight is 365 g/mol. The van der Waals surface area contributed by atoms with Crippen LogP contribution in [0.4, 0.5) is 0 Å². The minimum absolute atomic E-state index is 0.420. The molecule has 1 N–H and O–H groups in total. The maximum Gasteiger partial charge on any atom is 0.129 e. The van der Waals surface area contributed by atoms with Gasteiger partial charge in [0.05, 0.1) is 9.52 Å². The van der Waals surface area contributed by atoms with Gasteiger partial charge in [0.1, 0.15) is 5.75 Å². The third-order valence-corrected chi connectivity index (χ3v) is 7.57. The summed E-state index contributed by atoms with van der Waals surface area (Å²) in [5.41, 5.74) is 0. The van der Waals surface area contributed by atoms with Crippen LogP contribution in [0.2, 0.25) is 5.04 Å². The predicted molar refractivity (Wildman–Crippen MR) is 110 cm³/mol. The number of unbranched alkanes of at least 4 members (excludes halogenated alkanes) is 8. The minimum atomic E-state index is 0.420. The zero-order valence-electron chi connectivity index (χ0n) is 15.9. The van der Waals surface area contributed by atoms with Crippen molar-refractivity contribution in [3.05, 3.63) is 24.3 Å². The standard InChI is InChI=1S/C21H36OSSi/c1-4-5-6-7-8-9-10-11-14-17-21(2,3)24-18-23-20-16-13-12-15-19(20)22/h12-13,15-16,22H,4-11,14,17-18H2,1-3H3. The highest BCUT2D eigenvalue weighted by Gasteiger charge is 2.18. The van der Waals surface area contributed by atoms with Crippen molar-refractivity contribution >= 4 is 21.3 Å². The van der Waals surface area contributed by atoms with Crippen LogP contribution in [0, 0.1) is 0 Å². The van der Waals surface area contributed by atoms with Gasteiger partial charge in [0.2, 0.25) is 0 Å². The number of phenolic OH excluding ortho intramolecular Hbond substituents is 1. The molecule has 1 aromatic carbocycles. The summed E-state index contributed by atoms with van der Waals surface area (Å²) in [6.07, 6.45) is 14.0. The molecule has 0 aromatic heterocycles. The fraction of sp³-hybridized carbons (Fsp3) is 0.714. The van der Waals surface area contributed by atoms with Crippen LogP contribution < -0.4 is 0 Å². The highest BCUT2D eigenvalue weighted by Crippen LogP contribution is 2.34. The van der Waals surface area contributed by atoms with E-state index in [1.165, 1.54) is 64.2 Å². The summed E-state index contributed by atoms with van der Waals surface area (Å²) in [7, 11) is 0.945. The van der Waals surface area contributed by atoms with Crippen molar-refractivity contribution in [3.63, 3.8) is 0 Å². The van der Waals surface area contributed by atoms with Gasteiger partial charge in [0.15, 0.2) is 0 Å². The quantitative estimate of drug-likeness (QED) is 0.213. The first kappa shape index (κ1) is 21.6. The Morgan fingerprint density at radius 3 is 2.12 bits per heavy atom. The maximum atomic E-state index is 9.81. The molecule has 0 aliphatic rings. The minimum Gasteiger partial charge on any atom is -0.507 e. The van der Waals surface area contributed by atoms with Crippen LogP contribution in [-0.2, 0) is 0 Å². The molecule has 1 rings (SSSR count). The number of hydrogen-bond donors (Lipinski definition) is 1. The second-order valence-corrected chi connectivity index (χ2v) is 11.0. The lowest BCUT2D eigenvalue weighted by molar-refractivity contribution is 0.462. The van der Waals surface area contributed by atoms with Crippen LogP contribution in [0.15, 0.2) is 29.2 Å².